The highest BCUT2D eigenvalue weighted by Crippen LogP contribution is 2.28. The highest BCUT2D eigenvalue weighted by Gasteiger charge is 2.15. The van der Waals surface area contributed by atoms with Crippen molar-refractivity contribution in [1.82, 2.24) is 9.97 Å². The van der Waals surface area contributed by atoms with Crippen LogP contribution >= 0.6 is 0 Å². The first-order valence-corrected chi connectivity index (χ1v) is 7.13. The Labute approximate surface area is 132 Å². The van der Waals surface area contributed by atoms with Crippen molar-refractivity contribution in [2.75, 3.05) is 5.32 Å². The van der Waals surface area contributed by atoms with Crippen molar-refractivity contribution in [3.63, 3.8) is 0 Å². The number of carbonyl (C=O) groups excluding carboxylic acids is 1. The molecular weight excluding hydrogens is 297 g/mol. The fourth-order valence-corrected chi connectivity index (χ4v) is 2.45. The number of aromatic nitrogens is 2. The molecule has 0 aliphatic heterocycles. The number of fused-ring (bicyclic) bond motifs is 1. The van der Waals surface area contributed by atoms with Crippen molar-refractivity contribution < 1.29 is 14.3 Å². The number of pyridine rings is 1. The number of hydrogen-bond acceptors (Lipinski definition) is 3. The van der Waals surface area contributed by atoms with Gasteiger partial charge in [-0.15, -0.1) is 0 Å². The Kier molecular flexibility index (Phi) is 3.52. The number of hydrogen-bond donors (Lipinski definition) is 3. The van der Waals surface area contributed by atoms with Crippen LogP contribution in [0.4, 0.5) is 10.2 Å². The van der Waals surface area contributed by atoms with Gasteiger partial charge in [0.1, 0.15) is 23.1 Å². The van der Waals surface area contributed by atoms with Crippen molar-refractivity contribution in [3.05, 3.63) is 52.6 Å². The standard InChI is InChI=1S/C17H16FN3O2/c1-8-9(2)16(19-10(3)15(8)22)21-17(23)14-7-11-6-12(18)4-5-13(11)20-14/h4-7,20,22H,1-3H3,(H,19,21,23). The van der Waals surface area contributed by atoms with Gasteiger partial charge < -0.3 is 15.4 Å². The summed E-state index contributed by atoms with van der Waals surface area (Å²) in [6.45, 7) is 5.21. The van der Waals surface area contributed by atoms with E-state index in [-0.39, 0.29) is 17.5 Å². The Morgan fingerprint density at radius 3 is 2.70 bits per heavy atom. The average Bonchev–Trinajstić information content (AvgIpc) is 2.93. The molecule has 23 heavy (non-hydrogen) atoms. The Hall–Kier alpha value is -2.89. The molecule has 3 N–H and O–H groups in total. The van der Waals surface area contributed by atoms with Gasteiger partial charge in [-0.1, -0.05) is 0 Å². The van der Waals surface area contributed by atoms with E-state index >= 15 is 0 Å². The fraction of sp³-hybridized carbons (Fsp3) is 0.176. The molecule has 0 spiro atoms. The minimum absolute atomic E-state index is 0.126. The Morgan fingerprint density at radius 1 is 1.22 bits per heavy atom. The van der Waals surface area contributed by atoms with Crippen LogP contribution in [0.3, 0.4) is 0 Å². The van der Waals surface area contributed by atoms with Crippen molar-refractivity contribution >= 4 is 22.6 Å². The van der Waals surface area contributed by atoms with Crippen molar-refractivity contribution in [3.8, 4) is 5.75 Å². The Morgan fingerprint density at radius 2 is 1.96 bits per heavy atom. The SMILES string of the molecule is Cc1nc(NC(=O)c2cc3cc(F)ccc3[nH]2)c(C)c(C)c1O. The minimum Gasteiger partial charge on any atom is -0.506 e. The van der Waals surface area contributed by atoms with Gasteiger partial charge in [-0.05, 0) is 56.2 Å². The molecule has 3 rings (SSSR count). The molecular formula is C17H16FN3O2. The summed E-state index contributed by atoms with van der Waals surface area (Å²) in [5.74, 6) is -0.207. The second-order valence-electron chi connectivity index (χ2n) is 5.51. The molecule has 0 aliphatic rings. The largest absolute Gasteiger partial charge is 0.506 e. The van der Waals surface area contributed by atoms with Crippen LogP contribution in [0.15, 0.2) is 24.3 Å². The van der Waals surface area contributed by atoms with Crippen LogP contribution in [-0.4, -0.2) is 21.0 Å². The average molecular weight is 313 g/mol. The Bertz CT molecular complexity index is 931. The summed E-state index contributed by atoms with van der Waals surface area (Å²) in [5.41, 5.74) is 2.81. The highest BCUT2D eigenvalue weighted by molar-refractivity contribution is 6.05. The molecule has 118 valence electrons. The quantitative estimate of drug-likeness (QED) is 0.676. The predicted molar refractivity (Wildman–Crippen MR) is 86.3 cm³/mol. The lowest BCUT2D eigenvalue weighted by molar-refractivity contribution is 0.102. The van der Waals surface area contributed by atoms with E-state index in [9.17, 15) is 14.3 Å². The van der Waals surface area contributed by atoms with E-state index in [4.69, 9.17) is 0 Å². The van der Waals surface area contributed by atoms with Gasteiger partial charge in [-0.3, -0.25) is 4.79 Å². The van der Waals surface area contributed by atoms with Gasteiger partial charge in [0.05, 0.1) is 5.69 Å². The molecule has 5 nitrogen and oxygen atoms in total. The molecule has 2 aromatic heterocycles. The summed E-state index contributed by atoms with van der Waals surface area (Å²) < 4.78 is 13.2. The zero-order chi connectivity index (χ0) is 16.7. The molecule has 3 aromatic rings. The number of rotatable bonds is 2. The summed E-state index contributed by atoms with van der Waals surface area (Å²) >= 11 is 0. The van der Waals surface area contributed by atoms with E-state index in [1.165, 1.54) is 12.1 Å². The van der Waals surface area contributed by atoms with Gasteiger partial charge in [0.2, 0.25) is 0 Å². The third kappa shape index (κ3) is 2.63. The van der Waals surface area contributed by atoms with Crippen LogP contribution < -0.4 is 5.32 Å². The van der Waals surface area contributed by atoms with E-state index in [2.05, 4.69) is 15.3 Å². The van der Waals surface area contributed by atoms with Crippen LogP contribution in [0.5, 0.6) is 5.75 Å². The minimum atomic E-state index is -0.373. The molecule has 0 radical (unpaired) electrons. The smallest absolute Gasteiger partial charge is 0.273 e. The number of benzene rings is 1. The number of aryl methyl sites for hydroxylation is 1. The van der Waals surface area contributed by atoms with Crippen LogP contribution in [-0.2, 0) is 0 Å². The predicted octanol–water partition coefficient (Wildman–Crippen LogP) is 3.59. The Balaban J connectivity index is 1.95. The van der Waals surface area contributed by atoms with Crippen molar-refractivity contribution in [2.24, 2.45) is 0 Å². The molecule has 0 unspecified atom stereocenters. The van der Waals surface area contributed by atoms with Crippen LogP contribution in [0, 0.1) is 26.6 Å². The number of nitrogens with zero attached hydrogens (tertiary/aromatic N) is 1. The maximum atomic E-state index is 13.2. The molecule has 0 bridgehead atoms. The molecule has 0 atom stereocenters. The van der Waals surface area contributed by atoms with Crippen molar-refractivity contribution in [1.29, 1.82) is 0 Å². The van der Waals surface area contributed by atoms with Crippen LogP contribution in [0.25, 0.3) is 10.9 Å². The normalized spacial score (nSPS) is 11.0. The van der Waals surface area contributed by atoms with E-state index < -0.39 is 0 Å². The molecule has 2 heterocycles. The van der Waals surface area contributed by atoms with Crippen LogP contribution in [0.1, 0.15) is 27.3 Å². The monoisotopic (exact) mass is 313 g/mol. The van der Waals surface area contributed by atoms with Gasteiger partial charge in [-0.2, -0.15) is 0 Å². The van der Waals surface area contributed by atoms with Gasteiger partial charge in [0.15, 0.2) is 0 Å². The van der Waals surface area contributed by atoms with E-state index in [1.807, 2.05) is 0 Å². The van der Waals surface area contributed by atoms with E-state index in [0.717, 1.165) is 0 Å². The first-order valence-electron chi connectivity index (χ1n) is 7.13. The summed E-state index contributed by atoms with van der Waals surface area (Å²) in [6.07, 6.45) is 0. The van der Waals surface area contributed by atoms with E-state index in [1.54, 1.807) is 32.9 Å². The number of nitrogens with one attached hydrogen (secondary N) is 2. The second kappa shape index (κ2) is 5.39. The number of aromatic amines is 1. The summed E-state index contributed by atoms with van der Waals surface area (Å²) in [6, 6.07) is 5.86. The molecule has 6 heteroatoms. The maximum absolute atomic E-state index is 13.2. The van der Waals surface area contributed by atoms with Crippen LogP contribution in [0.2, 0.25) is 0 Å². The zero-order valence-electron chi connectivity index (χ0n) is 13.0. The van der Waals surface area contributed by atoms with Gasteiger partial charge >= 0.3 is 0 Å². The number of anilines is 1. The second-order valence-corrected chi connectivity index (χ2v) is 5.51. The zero-order valence-corrected chi connectivity index (χ0v) is 13.0. The molecule has 0 saturated carbocycles. The molecule has 1 aromatic carbocycles. The summed E-state index contributed by atoms with van der Waals surface area (Å²) in [4.78, 5) is 19.5. The summed E-state index contributed by atoms with van der Waals surface area (Å²) in [7, 11) is 0. The number of H-pyrrole nitrogens is 1. The number of carbonyl (C=O) groups is 1. The van der Waals surface area contributed by atoms with Gasteiger partial charge in [-0.25, -0.2) is 9.37 Å². The first-order chi connectivity index (χ1) is 10.9. The number of aromatic hydroxyl groups is 1. The number of halogens is 1. The topological polar surface area (TPSA) is 78.0 Å². The van der Waals surface area contributed by atoms with Gasteiger partial charge in [0.25, 0.3) is 5.91 Å². The molecule has 1 amide bonds. The highest BCUT2D eigenvalue weighted by atomic mass is 19.1. The lowest BCUT2D eigenvalue weighted by atomic mass is 10.1. The third-order valence-corrected chi connectivity index (χ3v) is 3.95. The molecule has 0 saturated heterocycles. The lowest BCUT2D eigenvalue weighted by Gasteiger charge is -2.12. The third-order valence-electron chi connectivity index (χ3n) is 3.95. The summed E-state index contributed by atoms with van der Waals surface area (Å²) in [5, 5.41) is 13.2. The first kappa shape index (κ1) is 15.0. The van der Waals surface area contributed by atoms with E-state index in [0.29, 0.717) is 39.2 Å². The fourth-order valence-electron chi connectivity index (χ4n) is 2.45. The van der Waals surface area contributed by atoms with Gasteiger partial charge in [0, 0.05) is 10.9 Å². The lowest BCUT2D eigenvalue weighted by Crippen LogP contribution is -2.15. The molecule has 0 aliphatic carbocycles. The molecule has 0 fully saturated rings. The number of amides is 1. The maximum Gasteiger partial charge on any atom is 0.273 e. The van der Waals surface area contributed by atoms with Crippen molar-refractivity contribution in [2.45, 2.75) is 20.8 Å².